The maximum Gasteiger partial charge on any atom is 0.243 e. The number of likely N-dealkylation sites (N-methyl/N-ethyl adjacent to an activating group) is 1. The Hall–Kier alpha value is -2.91. The molecule has 1 amide bonds. The highest BCUT2D eigenvalue weighted by atomic mass is 32.1. The quantitative estimate of drug-likeness (QED) is 0.776. The number of benzene rings is 2. The van der Waals surface area contributed by atoms with Crippen LogP contribution in [0.25, 0.3) is 10.2 Å². The van der Waals surface area contributed by atoms with Crippen LogP contribution in [0.15, 0.2) is 36.4 Å². The van der Waals surface area contributed by atoms with Gasteiger partial charge in [-0.3, -0.25) is 4.79 Å². The minimum Gasteiger partial charge on any atom is -0.342 e. The van der Waals surface area contributed by atoms with Gasteiger partial charge >= 0.3 is 0 Å². The van der Waals surface area contributed by atoms with E-state index >= 15 is 0 Å². The number of hydrogen-bond donors (Lipinski definition) is 1. The zero-order chi connectivity index (χ0) is 18.0. The third-order valence-electron chi connectivity index (χ3n) is 3.91. The van der Waals surface area contributed by atoms with Crippen molar-refractivity contribution in [2.24, 2.45) is 0 Å². The molecule has 0 bridgehead atoms. The molecule has 0 saturated heterocycles. The van der Waals surface area contributed by atoms with Crippen LogP contribution in [0, 0.1) is 25.2 Å². The van der Waals surface area contributed by atoms with Crippen LogP contribution in [0.1, 0.15) is 16.7 Å². The van der Waals surface area contributed by atoms with Crippen molar-refractivity contribution in [3.8, 4) is 6.07 Å². The SMILES string of the molecule is Cc1ccc(C)c2sc(N(C)CC(=O)Nc3cccc(C#N)c3)nc12. The number of anilines is 2. The van der Waals surface area contributed by atoms with E-state index in [-0.39, 0.29) is 12.5 Å². The zero-order valence-corrected chi connectivity index (χ0v) is 15.1. The Balaban J connectivity index is 1.74. The molecule has 25 heavy (non-hydrogen) atoms. The molecular weight excluding hydrogens is 332 g/mol. The minimum absolute atomic E-state index is 0.148. The number of thiazole rings is 1. The number of aryl methyl sites for hydroxylation is 2. The Morgan fingerprint density at radius 2 is 2.04 bits per heavy atom. The van der Waals surface area contributed by atoms with Gasteiger partial charge in [0.25, 0.3) is 0 Å². The predicted octanol–water partition coefficient (Wildman–Crippen LogP) is 3.86. The normalized spacial score (nSPS) is 10.5. The van der Waals surface area contributed by atoms with E-state index in [1.807, 2.05) is 18.9 Å². The van der Waals surface area contributed by atoms with E-state index in [4.69, 9.17) is 5.26 Å². The molecule has 2 aromatic carbocycles. The molecule has 0 aliphatic heterocycles. The fourth-order valence-electron chi connectivity index (χ4n) is 2.56. The van der Waals surface area contributed by atoms with Crippen molar-refractivity contribution in [1.29, 1.82) is 5.26 Å². The molecule has 6 heteroatoms. The van der Waals surface area contributed by atoms with E-state index < -0.39 is 0 Å². The average molecular weight is 350 g/mol. The lowest BCUT2D eigenvalue weighted by atomic mass is 10.1. The molecule has 0 saturated carbocycles. The van der Waals surface area contributed by atoms with E-state index in [1.165, 1.54) is 5.56 Å². The Labute approximate surface area is 150 Å². The fraction of sp³-hybridized carbons (Fsp3) is 0.211. The molecule has 0 aliphatic carbocycles. The molecule has 126 valence electrons. The highest BCUT2D eigenvalue weighted by Gasteiger charge is 2.14. The summed E-state index contributed by atoms with van der Waals surface area (Å²) in [5.41, 5.74) is 4.45. The lowest BCUT2D eigenvalue weighted by molar-refractivity contribution is -0.114. The van der Waals surface area contributed by atoms with Crippen molar-refractivity contribution >= 4 is 38.3 Å². The first-order valence-corrected chi connectivity index (χ1v) is 8.67. The number of carbonyl (C=O) groups is 1. The topological polar surface area (TPSA) is 69.0 Å². The fourth-order valence-corrected chi connectivity index (χ4v) is 3.63. The summed E-state index contributed by atoms with van der Waals surface area (Å²) in [5, 5.41) is 12.6. The number of fused-ring (bicyclic) bond motifs is 1. The average Bonchev–Trinajstić information content (AvgIpc) is 3.05. The van der Waals surface area contributed by atoms with Gasteiger partial charge in [0.1, 0.15) is 0 Å². The van der Waals surface area contributed by atoms with Gasteiger partial charge in [-0.05, 0) is 43.2 Å². The first-order valence-electron chi connectivity index (χ1n) is 7.86. The number of nitriles is 1. The summed E-state index contributed by atoms with van der Waals surface area (Å²) >= 11 is 1.59. The van der Waals surface area contributed by atoms with Crippen LogP contribution in [-0.2, 0) is 4.79 Å². The molecule has 0 fully saturated rings. The van der Waals surface area contributed by atoms with E-state index in [0.29, 0.717) is 11.3 Å². The van der Waals surface area contributed by atoms with Crippen LogP contribution in [0.3, 0.4) is 0 Å². The summed E-state index contributed by atoms with van der Waals surface area (Å²) in [6, 6.07) is 13.1. The highest BCUT2D eigenvalue weighted by molar-refractivity contribution is 7.22. The van der Waals surface area contributed by atoms with Crippen LogP contribution >= 0.6 is 11.3 Å². The zero-order valence-electron chi connectivity index (χ0n) is 14.3. The van der Waals surface area contributed by atoms with Crippen molar-refractivity contribution in [2.75, 3.05) is 23.8 Å². The van der Waals surface area contributed by atoms with E-state index in [1.54, 1.807) is 35.6 Å². The number of hydrogen-bond acceptors (Lipinski definition) is 5. The Morgan fingerprint density at radius 1 is 1.28 bits per heavy atom. The summed E-state index contributed by atoms with van der Waals surface area (Å²) in [4.78, 5) is 18.8. The molecule has 1 heterocycles. The summed E-state index contributed by atoms with van der Waals surface area (Å²) in [6.07, 6.45) is 0. The molecule has 0 aliphatic rings. The Morgan fingerprint density at radius 3 is 2.76 bits per heavy atom. The number of amides is 1. The van der Waals surface area contributed by atoms with Gasteiger partial charge in [0.2, 0.25) is 5.91 Å². The molecule has 3 rings (SSSR count). The monoisotopic (exact) mass is 350 g/mol. The molecule has 0 unspecified atom stereocenters. The van der Waals surface area contributed by atoms with Crippen molar-refractivity contribution in [2.45, 2.75) is 13.8 Å². The van der Waals surface area contributed by atoms with Crippen LogP contribution < -0.4 is 10.2 Å². The van der Waals surface area contributed by atoms with Crippen molar-refractivity contribution in [3.05, 3.63) is 53.1 Å². The summed E-state index contributed by atoms with van der Waals surface area (Å²) in [7, 11) is 1.85. The Kier molecular flexibility index (Phi) is 4.68. The molecule has 1 N–H and O–H groups in total. The molecule has 0 atom stereocenters. The van der Waals surface area contributed by atoms with Crippen molar-refractivity contribution in [1.82, 2.24) is 4.98 Å². The van der Waals surface area contributed by atoms with Crippen molar-refractivity contribution < 1.29 is 4.79 Å². The molecule has 0 radical (unpaired) electrons. The lowest BCUT2D eigenvalue weighted by Gasteiger charge is -2.15. The van der Waals surface area contributed by atoms with E-state index in [9.17, 15) is 4.79 Å². The molecule has 0 spiro atoms. The van der Waals surface area contributed by atoms with Gasteiger partial charge < -0.3 is 10.2 Å². The van der Waals surface area contributed by atoms with Gasteiger partial charge in [-0.15, -0.1) is 0 Å². The third kappa shape index (κ3) is 3.62. The number of nitrogens with one attached hydrogen (secondary N) is 1. The van der Waals surface area contributed by atoms with E-state index in [0.717, 1.165) is 20.9 Å². The second-order valence-electron chi connectivity index (χ2n) is 5.97. The van der Waals surface area contributed by atoms with Crippen LogP contribution in [0.4, 0.5) is 10.8 Å². The maximum absolute atomic E-state index is 12.3. The first kappa shape index (κ1) is 16.9. The smallest absolute Gasteiger partial charge is 0.243 e. The van der Waals surface area contributed by atoms with Gasteiger partial charge in [0.15, 0.2) is 5.13 Å². The van der Waals surface area contributed by atoms with E-state index in [2.05, 4.69) is 35.4 Å². The summed E-state index contributed by atoms with van der Waals surface area (Å²) < 4.78 is 1.16. The first-order chi connectivity index (χ1) is 12.0. The van der Waals surface area contributed by atoms with Gasteiger partial charge in [-0.2, -0.15) is 5.26 Å². The standard InChI is InChI=1S/C19H18N4OS/c1-12-7-8-13(2)18-17(12)22-19(25-18)23(3)11-16(24)21-15-6-4-5-14(9-15)10-20/h4-9H,11H2,1-3H3,(H,21,24). The largest absolute Gasteiger partial charge is 0.342 e. The van der Waals surface area contributed by atoms with Crippen LogP contribution in [0.5, 0.6) is 0 Å². The highest BCUT2D eigenvalue weighted by Crippen LogP contribution is 2.32. The maximum atomic E-state index is 12.3. The van der Waals surface area contributed by atoms with Crippen LogP contribution in [0.2, 0.25) is 0 Å². The number of aromatic nitrogens is 1. The minimum atomic E-state index is -0.148. The number of carbonyl (C=O) groups excluding carboxylic acids is 1. The van der Waals surface area contributed by atoms with Gasteiger partial charge in [0, 0.05) is 12.7 Å². The third-order valence-corrected chi connectivity index (χ3v) is 5.22. The van der Waals surface area contributed by atoms with Crippen LogP contribution in [-0.4, -0.2) is 24.5 Å². The second kappa shape index (κ2) is 6.91. The van der Waals surface area contributed by atoms with Gasteiger partial charge in [-0.1, -0.05) is 29.5 Å². The summed E-state index contributed by atoms with van der Waals surface area (Å²) in [6.45, 7) is 4.30. The predicted molar refractivity (Wildman–Crippen MR) is 102 cm³/mol. The van der Waals surface area contributed by atoms with Gasteiger partial charge in [-0.25, -0.2) is 4.98 Å². The van der Waals surface area contributed by atoms with Gasteiger partial charge in [0.05, 0.1) is 28.4 Å². The number of nitrogens with zero attached hydrogens (tertiary/aromatic N) is 3. The molecular formula is C19H18N4OS. The summed E-state index contributed by atoms with van der Waals surface area (Å²) in [5.74, 6) is -0.148. The van der Waals surface area contributed by atoms with Crippen molar-refractivity contribution in [3.63, 3.8) is 0 Å². The Bertz CT molecular complexity index is 948. The lowest BCUT2D eigenvalue weighted by Crippen LogP contribution is -2.29. The molecule has 3 aromatic rings. The number of rotatable bonds is 4. The molecule has 1 aromatic heterocycles. The second-order valence-corrected chi connectivity index (χ2v) is 6.95. The molecule has 5 nitrogen and oxygen atoms in total.